The van der Waals surface area contributed by atoms with Crippen LogP contribution in [0.4, 0.5) is 14.5 Å². The first-order chi connectivity index (χ1) is 19.3. The van der Waals surface area contributed by atoms with Gasteiger partial charge in [-0.2, -0.15) is 0 Å². The van der Waals surface area contributed by atoms with Gasteiger partial charge in [0.2, 0.25) is 5.91 Å². The summed E-state index contributed by atoms with van der Waals surface area (Å²) in [5.41, 5.74) is 5.66. The SMILES string of the molecule is COc1cc(C(=O)O)ccc1NC(=O)[C@@H]1N[C@@H](CC(C)(C)C)[C@](CN)(c2ccc(Cl)cc2F)[C@H]1c1ccccc1F. The summed E-state index contributed by atoms with van der Waals surface area (Å²) < 4.78 is 36.7. The fourth-order valence-electron chi connectivity index (χ4n) is 5.98. The van der Waals surface area contributed by atoms with Crippen molar-refractivity contribution in [3.63, 3.8) is 0 Å². The first-order valence-corrected chi connectivity index (χ1v) is 13.6. The van der Waals surface area contributed by atoms with Gasteiger partial charge in [-0.25, -0.2) is 13.6 Å². The van der Waals surface area contributed by atoms with E-state index in [1.165, 1.54) is 37.4 Å². The fourth-order valence-corrected chi connectivity index (χ4v) is 6.14. The van der Waals surface area contributed by atoms with E-state index in [0.29, 0.717) is 6.42 Å². The molecule has 1 aliphatic rings. The number of amides is 1. The number of nitrogens with two attached hydrogens (primary N) is 1. The molecule has 5 N–H and O–H groups in total. The topological polar surface area (TPSA) is 114 Å². The van der Waals surface area contributed by atoms with Crippen LogP contribution in [0.5, 0.6) is 5.75 Å². The molecular weight excluding hydrogens is 552 g/mol. The van der Waals surface area contributed by atoms with Crippen molar-refractivity contribution in [2.24, 2.45) is 11.1 Å². The monoisotopic (exact) mass is 585 g/mol. The third-order valence-electron chi connectivity index (χ3n) is 7.71. The van der Waals surface area contributed by atoms with Gasteiger partial charge >= 0.3 is 5.97 Å². The Morgan fingerprint density at radius 1 is 1.10 bits per heavy atom. The fraction of sp³-hybridized carbons (Fsp3) is 0.355. The highest BCUT2D eigenvalue weighted by Crippen LogP contribution is 2.52. The summed E-state index contributed by atoms with van der Waals surface area (Å²) in [5.74, 6) is -3.63. The highest BCUT2D eigenvalue weighted by atomic mass is 35.5. The summed E-state index contributed by atoms with van der Waals surface area (Å²) in [6.45, 7) is 5.97. The number of carboxylic acid groups (broad SMARTS) is 1. The second-order valence-corrected chi connectivity index (χ2v) is 12.0. The quantitative estimate of drug-likeness (QED) is 0.269. The normalized spacial score (nSPS) is 22.4. The van der Waals surface area contributed by atoms with Crippen LogP contribution in [0.25, 0.3) is 0 Å². The summed E-state index contributed by atoms with van der Waals surface area (Å²) in [7, 11) is 1.36. The zero-order chi connectivity index (χ0) is 30.1. The number of benzene rings is 3. The molecule has 1 aliphatic heterocycles. The van der Waals surface area contributed by atoms with Crippen LogP contribution < -0.4 is 21.1 Å². The summed E-state index contributed by atoms with van der Waals surface area (Å²) in [6.07, 6.45) is 0.484. The second kappa shape index (κ2) is 11.8. The van der Waals surface area contributed by atoms with E-state index in [4.69, 9.17) is 22.1 Å². The number of aromatic carboxylic acids is 1. The van der Waals surface area contributed by atoms with Crippen molar-refractivity contribution in [3.05, 3.63) is 94.0 Å². The molecule has 0 aliphatic carbocycles. The molecule has 1 saturated heterocycles. The molecule has 1 heterocycles. The molecule has 1 fully saturated rings. The van der Waals surface area contributed by atoms with Crippen LogP contribution in [0.1, 0.15) is 54.6 Å². The highest BCUT2D eigenvalue weighted by molar-refractivity contribution is 6.30. The molecule has 4 rings (SSSR count). The Labute approximate surface area is 243 Å². The Morgan fingerprint density at radius 2 is 1.80 bits per heavy atom. The van der Waals surface area contributed by atoms with Crippen LogP contribution in [0, 0.1) is 17.0 Å². The lowest BCUT2D eigenvalue weighted by Gasteiger charge is -2.42. The number of hydrogen-bond acceptors (Lipinski definition) is 5. The van der Waals surface area contributed by atoms with Crippen molar-refractivity contribution in [2.45, 2.75) is 50.6 Å². The highest BCUT2D eigenvalue weighted by Gasteiger charge is 2.59. The number of carbonyl (C=O) groups is 2. The van der Waals surface area contributed by atoms with Crippen molar-refractivity contribution in [2.75, 3.05) is 19.0 Å². The standard InChI is InChI=1S/C31H34ClF2N3O4/c1-30(2,3)15-25-31(16-35,20-11-10-18(32)14-22(20)34)26(19-7-5-6-8-21(19)33)27(37-25)28(38)36-23-12-9-17(29(39)40)13-24(23)41-4/h5-14,25-27,37H,15-16,35H2,1-4H3,(H,36,38)(H,39,40)/t25-,26-,27+,31-/m0/s1. The second-order valence-electron chi connectivity index (χ2n) is 11.5. The number of nitrogens with one attached hydrogen (secondary N) is 2. The smallest absolute Gasteiger partial charge is 0.335 e. The summed E-state index contributed by atoms with van der Waals surface area (Å²) in [6, 6.07) is 12.9. The minimum atomic E-state index is -1.25. The molecule has 7 nitrogen and oxygen atoms in total. The van der Waals surface area contributed by atoms with E-state index < -0.39 is 46.9 Å². The number of rotatable bonds is 8. The minimum absolute atomic E-state index is 0.0197. The molecule has 3 aromatic rings. The molecule has 218 valence electrons. The van der Waals surface area contributed by atoms with Gasteiger partial charge in [-0.15, -0.1) is 0 Å². The van der Waals surface area contributed by atoms with Gasteiger partial charge in [0.1, 0.15) is 17.4 Å². The lowest BCUT2D eigenvalue weighted by Crippen LogP contribution is -2.50. The predicted molar refractivity (Wildman–Crippen MR) is 155 cm³/mol. The van der Waals surface area contributed by atoms with Crippen LogP contribution in [0.15, 0.2) is 60.7 Å². The first kappa shape index (κ1) is 30.4. The van der Waals surface area contributed by atoms with E-state index in [9.17, 15) is 14.7 Å². The number of carbonyl (C=O) groups excluding carboxylic acids is 1. The molecule has 0 spiro atoms. The summed E-state index contributed by atoms with van der Waals surface area (Å²) in [5, 5.41) is 15.8. The van der Waals surface area contributed by atoms with Gasteiger partial charge in [-0.3, -0.25) is 4.79 Å². The van der Waals surface area contributed by atoms with Gasteiger partial charge in [0, 0.05) is 28.9 Å². The molecule has 0 saturated carbocycles. The average Bonchev–Trinajstić information content (AvgIpc) is 3.22. The molecule has 10 heteroatoms. The Kier molecular flexibility index (Phi) is 8.73. The zero-order valence-electron chi connectivity index (χ0n) is 23.3. The molecule has 0 unspecified atom stereocenters. The maximum Gasteiger partial charge on any atom is 0.335 e. The summed E-state index contributed by atoms with van der Waals surface area (Å²) in [4.78, 5) is 25.5. The van der Waals surface area contributed by atoms with E-state index in [1.807, 2.05) is 20.8 Å². The number of methoxy groups -OCH3 is 1. The van der Waals surface area contributed by atoms with Crippen LogP contribution >= 0.6 is 11.6 Å². The molecular formula is C31H34ClF2N3O4. The van der Waals surface area contributed by atoms with Crippen LogP contribution in [0.3, 0.4) is 0 Å². The van der Waals surface area contributed by atoms with Crippen LogP contribution in [0.2, 0.25) is 5.02 Å². The Bertz CT molecular complexity index is 1460. The average molecular weight is 586 g/mol. The first-order valence-electron chi connectivity index (χ1n) is 13.2. The van der Waals surface area contributed by atoms with E-state index in [2.05, 4.69) is 10.6 Å². The number of ether oxygens (including phenoxy) is 1. The van der Waals surface area contributed by atoms with Gasteiger partial charge in [-0.05, 0) is 59.4 Å². The van der Waals surface area contributed by atoms with Gasteiger partial charge < -0.3 is 26.2 Å². The van der Waals surface area contributed by atoms with Crippen molar-refractivity contribution in [3.8, 4) is 5.75 Å². The minimum Gasteiger partial charge on any atom is -0.495 e. The molecule has 4 atom stereocenters. The Balaban J connectivity index is 1.91. The Hall–Kier alpha value is -3.53. The van der Waals surface area contributed by atoms with E-state index in [-0.39, 0.29) is 45.1 Å². The molecule has 0 aromatic heterocycles. The van der Waals surface area contributed by atoms with Gasteiger partial charge in [0.25, 0.3) is 0 Å². The molecule has 0 radical (unpaired) electrons. The zero-order valence-corrected chi connectivity index (χ0v) is 24.1. The van der Waals surface area contributed by atoms with Gasteiger partial charge in [-0.1, -0.05) is 56.6 Å². The largest absolute Gasteiger partial charge is 0.495 e. The molecule has 41 heavy (non-hydrogen) atoms. The Morgan fingerprint density at radius 3 is 2.39 bits per heavy atom. The van der Waals surface area contributed by atoms with Crippen molar-refractivity contribution in [1.29, 1.82) is 0 Å². The maximum absolute atomic E-state index is 15.8. The number of carboxylic acids is 1. The van der Waals surface area contributed by atoms with Crippen molar-refractivity contribution in [1.82, 2.24) is 5.32 Å². The third-order valence-corrected chi connectivity index (χ3v) is 7.94. The van der Waals surface area contributed by atoms with Gasteiger partial charge in [0.05, 0.1) is 24.4 Å². The summed E-state index contributed by atoms with van der Waals surface area (Å²) >= 11 is 6.10. The lowest BCUT2D eigenvalue weighted by molar-refractivity contribution is -0.118. The van der Waals surface area contributed by atoms with E-state index in [1.54, 1.807) is 30.3 Å². The number of hydrogen-bond donors (Lipinski definition) is 4. The third kappa shape index (κ3) is 5.93. The van der Waals surface area contributed by atoms with Crippen molar-refractivity contribution < 1.29 is 28.2 Å². The van der Waals surface area contributed by atoms with Crippen molar-refractivity contribution >= 4 is 29.2 Å². The number of anilines is 1. The molecule has 1 amide bonds. The maximum atomic E-state index is 15.8. The predicted octanol–water partition coefficient (Wildman–Crippen LogP) is 5.72. The van der Waals surface area contributed by atoms with Crippen LogP contribution in [-0.4, -0.2) is 42.7 Å². The van der Waals surface area contributed by atoms with E-state index in [0.717, 1.165) is 0 Å². The molecule has 0 bridgehead atoms. The van der Waals surface area contributed by atoms with Crippen LogP contribution in [-0.2, 0) is 10.2 Å². The van der Waals surface area contributed by atoms with E-state index >= 15 is 8.78 Å². The number of halogens is 3. The van der Waals surface area contributed by atoms with Gasteiger partial charge in [0.15, 0.2) is 0 Å². The molecule has 3 aromatic carbocycles. The lowest BCUT2D eigenvalue weighted by atomic mass is 9.62.